The number of hydrogen-bond donors (Lipinski definition) is 1. The third-order valence-corrected chi connectivity index (χ3v) is 1.57. The van der Waals surface area contributed by atoms with Gasteiger partial charge in [0.05, 0.1) is 12.2 Å². The average Bonchev–Trinajstić information content (AvgIpc) is 2.18. The van der Waals surface area contributed by atoms with Gasteiger partial charge < -0.3 is 9.76 Å². The van der Waals surface area contributed by atoms with E-state index in [-0.39, 0.29) is 5.97 Å². The number of rotatable bonds is 3. The zero-order chi connectivity index (χ0) is 9.68. The van der Waals surface area contributed by atoms with Gasteiger partial charge in [0.2, 0.25) is 0 Å². The summed E-state index contributed by atoms with van der Waals surface area (Å²) in [6.45, 7) is 2.13. The predicted octanol–water partition coefficient (Wildman–Crippen LogP) is 0.100. The van der Waals surface area contributed by atoms with Gasteiger partial charge in [-0.05, 0) is 19.1 Å². The third kappa shape index (κ3) is 2.59. The first-order valence-electron chi connectivity index (χ1n) is 4.02. The molecule has 0 aliphatic rings. The van der Waals surface area contributed by atoms with Crippen LogP contribution in [0, 0.1) is 0 Å². The molecule has 1 rings (SSSR count). The lowest BCUT2D eigenvalue weighted by Gasteiger charge is -2.01. The third-order valence-electron chi connectivity index (χ3n) is 1.57. The Labute approximate surface area is 77.6 Å². The topological polar surface area (TPSA) is 46.5 Å². The Morgan fingerprint density at radius 3 is 2.54 bits per heavy atom. The van der Waals surface area contributed by atoms with E-state index in [1.807, 2.05) is 0 Å². The normalized spacial score (nSPS) is 9.38. The molecule has 0 atom stereocenters. The fourth-order valence-electron chi connectivity index (χ4n) is 0.920. The molecule has 0 unspecified atom stereocenters. The van der Waals surface area contributed by atoms with Crippen molar-refractivity contribution in [3.8, 4) is 0 Å². The van der Waals surface area contributed by atoms with E-state index in [4.69, 9.17) is 9.76 Å². The Hall–Kier alpha value is -1.29. The van der Waals surface area contributed by atoms with Gasteiger partial charge in [0, 0.05) is 0 Å². The molecule has 0 bridgehead atoms. The van der Waals surface area contributed by atoms with Crippen LogP contribution in [-0.2, 0) is 4.74 Å². The Morgan fingerprint density at radius 1 is 1.46 bits per heavy atom. The summed E-state index contributed by atoms with van der Waals surface area (Å²) >= 11 is 0. The maximum Gasteiger partial charge on any atom is 0.338 e. The summed E-state index contributed by atoms with van der Waals surface area (Å²) in [6, 6.07) is 6.51. The monoisotopic (exact) mass is 177 g/mol. The van der Waals surface area contributed by atoms with Gasteiger partial charge in [-0.15, -0.1) is 0 Å². The number of benzene rings is 1. The Kier molecular flexibility index (Phi) is 3.52. The van der Waals surface area contributed by atoms with E-state index in [9.17, 15) is 4.79 Å². The van der Waals surface area contributed by atoms with Gasteiger partial charge in [-0.3, -0.25) is 0 Å². The van der Waals surface area contributed by atoms with Gasteiger partial charge >= 0.3 is 13.5 Å². The van der Waals surface area contributed by atoms with Crippen molar-refractivity contribution in [3.63, 3.8) is 0 Å². The lowest BCUT2D eigenvalue weighted by Crippen LogP contribution is -2.14. The van der Waals surface area contributed by atoms with Crippen LogP contribution in [0.2, 0.25) is 0 Å². The second-order valence-electron chi connectivity index (χ2n) is 2.47. The maximum atomic E-state index is 11.1. The van der Waals surface area contributed by atoms with Gasteiger partial charge in [-0.25, -0.2) is 4.79 Å². The maximum absolute atomic E-state index is 11.1. The molecule has 1 N–H and O–H groups in total. The summed E-state index contributed by atoms with van der Waals surface area (Å²) in [7, 11) is 0.981. The fraction of sp³-hybridized carbons (Fsp3) is 0.222. The summed E-state index contributed by atoms with van der Waals surface area (Å²) in [5.41, 5.74) is 1.15. The predicted molar refractivity (Wildman–Crippen MR) is 50.0 cm³/mol. The van der Waals surface area contributed by atoms with Crippen molar-refractivity contribution < 1.29 is 14.6 Å². The molecule has 0 aliphatic carbocycles. The summed E-state index contributed by atoms with van der Waals surface area (Å²) < 4.78 is 4.79. The molecule has 0 spiro atoms. The van der Waals surface area contributed by atoms with Gasteiger partial charge in [-0.2, -0.15) is 0 Å². The van der Waals surface area contributed by atoms with Crippen molar-refractivity contribution in [1.82, 2.24) is 0 Å². The number of carbonyl (C=O) groups excluding carboxylic acids is 1. The highest BCUT2D eigenvalue weighted by Gasteiger charge is 2.04. The van der Waals surface area contributed by atoms with Crippen LogP contribution in [0.1, 0.15) is 17.3 Å². The highest BCUT2D eigenvalue weighted by molar-refractivity contribution is 6.45. The Balaban J connectivity index is 2.74. The van der Waals surface area contributed by atoms with Crippen molar-refractivity contribution in [2.24, 2.45) is 0 Å². The summed E-state index contributed by atoms with van der Waals surface area (Å²) in [6.07, 6.45) is 0. The lowest BCUT2D eigenvalue weighted by atomic mass is 9.88. The van der Waals surface area contributed by atoms with Gasteiger partial charge in [-0.1, -0.05) is 17.6 Å². The van der Waals surface area contributed by atoms with Crippen LogP contribution >= 0.6 is 0 Å². The van der Waals surface area contributed by atoms with Crippen LogP contribution in [0.3, 0.4) is 0 Å². The number of hydrogen-bond acceptors (Lipinski definition) is 3. The zero-order valence-electron chi connectivity index (χ0n) is 7.36. The molecule has 0 saturated carbocycles. The summed E-state index contributed by atoms with van der Waals surface area (Å²) in [5.74, 6) is -0.341. The minimum Gasteiger partial charge on any atom is -0.462 e. The van der Waals surface area contributed by atoms with E-state index < -0.39 is 0 Å². The molecular formula is C9H10BO3. The lowest BCUT2D eigenvalue weighted by molar-refractivity contribution is 0.0526. The minimum atomic E-state index is -0.341. The molecular weight excluding hydrogens is 167 g/mol. The molecule has 0 fully saturated rings. The molecule has 4 heteroatoms. The van der Waals surface area contributed by atoms with Crippen molar-refractivity contribution >= 4 is 18.9 Å². The highest BCUT2D eigenvalue weighted by atomic mass is 16.5. The standard InChI is InChI=1S/C9H10BO3/c1-2-13-9(11)7-3-5-8(10-12)6-4-7/h3-6,12H,2H2,1H3. The molecule has 0 aromatic heterocycles. The van der Waals surface area contributed by atoms with E-state index in [0.29, 0.717) is 17.6 Å². The number of ether oxygens (including phenoxy) is 1. The Bertz CT molecular complexity index is 281. The van der Waals surface area contributed by atoms with E-state index in [2.05, 4.69) is 0 Å². The van der Waals surface area contributed by atoms with Crippen LogP contribution in [-0.4, -0.2) is 25.1 Å². The van der Waals surface area contributed by atoms with E-state index in [0.717, 1.165) is 7.48 Å². The van der Waals surface area contributed by atoms with Gasteiger partial charge in [0.25, 0.3) is 0 Å². The largest absolute Gasteiger partial charge is 0.462 e. The first-order valence-corrected chi connectivity index (χ1v) is 4.02. The average molecular weight is 177 g/mol. The van der Waals surface area contributed by atoms with E-state index >= 15 is 0 Å². The first kappa shape index (κ1) is 9.80. The SMILES string of the molecule is CCOC(=O)c1ccc([B]O)cc1. The molecule has 67 valence electrons. The van der Waals surface area contributed by atoms with Crippen LogP contribution < -0.4 is 5.46 Å². The van der Waals surface area contributed by atoms with Crippen LogP contribution in [0.5, 0.6) is 0 Å². The molecule has 0 amide bonds. The molecule has 3 nitrogen and oxygen atoms in total. The van der Waals surface area contributed by atoms with Crippen LogP contribution in [0.15, 0.2) is 24.3 Å². The van der Waals surface area contributed by atoms with Crippen LogP contribution in [0.4, 0.5) is 0 Å². The van der Waals surface area contributed by atoms with Crippen molar-refractivity contribution in [3.05, 3.63) is 29.8 Å². The fourth-order valence-corrected chi connectivity index (χ4v) is 0.920. The molecule has 13 heavy (non-hydrogen) atoms. The summed E-state index contributed by atoms with van der Waals surface area (Å²) in [4.78, 5) is 11.1. The van der Waals surface area contributed by atoms with Crippen molar-refractivity contribution in [2.75, 3.05) is 6.61 Å². The van der Waals surface area contributed by atoms with Gasteiger partial charge in [0.1, 0.15) is 0 Å². The minimum absolute atomic E-state index is 0.341. The molecule has 0 heterocycles. The molecule has 1 radical (unpaired) electrons. The second kappa shape index (κ2) is 4.67. The smallest absolute Gasteiger partial charge is 0.338 e. The quantitative estimate of drug-likeness (QED) is 0.526. The van der Waals surface area contributed by atoms with Gasteiger partial charge in [0.15, 0.2) is 0 Å². The first-order chi connectivity index (χ1) is 6.27. The van der Waals surface area contributed by atoms with Crippen molar-refractivity contribution in [2.45, 2.75) is 6.92 Å². The summed E-state index contributed by atoms with van der Waals surface area (Å²) in [5, 5.41) is 8.63. The van der Waals surface area contributed by atoms with Crippen molar-refractivity contribution in [1.29, 1.82) is 0 Å². The molecule has 0 aliphatic heterocycles. The number of carbonyl (C=O) groups is 1. The molecule has 1 aromatic carbocycles. The Morgan fingerprint density at radius 2 is 2.08 bits per heavy atom. The van der Waals surface area contributed by atoms with E-state index in [1.165, 1.54) is 0 Å². The van der Waals surface area contributed by atoms with Crippen LogP contribution in [0.25, 0.3) is 0 Å². The highest BCUT2D eigenvalue weighted by Crippen LogP contribution is 1.99. The molecule has 1 aromatic rings. The molecule has 0 saturated heterocycles. The van der Waals surface area contributed by atoms with E-state index in [1.54, 1.807) is 31.2 Å². The number of esters is 1. The second-order valence-corrected chi connectivity index (χ2v) is 2.47. The zero-order valence-corrected chi connectivity index (χ0v) is 7.36.